The summed E-state index contributed by atoms with van der Waals surface area (Å²) in [5.41, 5.74) is 8.31. The molecule has 1 N–H and O–H groups in total. The van der Waals surface area contributed by atoms with Crippen molar-refractivity contribution in [3.05, 3.63) is 10.4 Å². The number of fused-ring (bicyclic) bond motifs is 1. The normalized spacial score (nSPS) is 34.2. The largest absolute Gasteiger partial charge is 0.393 e. The second kappa shape index (κ2) is 7.59. The maximum atomic E-state index is 9.91. The number of aliphatic hydroxyl groups excluding tert-OH is 1. The fourth-order valence-corrected chi connectivity index (χ4v) is 2.78. The van der Waals surface area contributed by atoms with Crippen LogP contribution < -0.4 is 0 Å². The Morgan fingerprint density at radius 2 is 2.18 bits per heavy atom. The Hall–Kier alpha value is -0.890. The van der Waals surface area contributed by atoms with Gasteiger partial charge in [-0.1, -0.05) is 18.5 Å². The SMILES string of the molecule is CCCCO[C@@H]1[C@H]2OC(C)(C)O[C@H]2O[C@@H]1C[C@H](O)CN=[N+]=[N-]. The molecule has 2 aliphatic heterocycles. The van der Waals surface area contributed by atoms with E-state index in [-0.39, 0.29) is 24.9 Å². The predicted octanol–water partition coefficient (Wildman–Crippen LogP) is 2.11. The van der Waals surface area contributed by atoms with E-state index in [1.54, 1.807) is 0 Å². The van der Waals surface area contributed by atoms with Gasteiger partial charge in [-0.25, -0.2) is 0 Å². The highest BCUT2D eigenvalue weighted by atomic mass is 16.8. The third-order valence-corrected chi connectivity index (χ3v) is 3.76. The van der Waals surface area contributed by atoms with Crippen LogP contribution in [0.5, 0.6) is 0 Å². The molecule has 0 spiro atoms. The maximum absolute atomic E-state index is 9.91. The van der Waals surface area contributed by atoms with E-state index in [1.807, 2.05) is 13.8 Å². The van der Waals surface area contributed by atoms with E-state index in [9.17, 15) is 5.11 Å². The molecule has 0 aromatic heterocycles. The minimum Gasteiger partial charge on any atom is -0.393 e. The number of hydrogen-bond donors (Lipinski definition) is 1. The van der Waals surface area contributed by atoms with Crippen molar-refractivity contribution in [2.24, 2.45) is 5.11 Å². The van der Waals surface area contributed by atoms with E-state index in [0.717, 1.165) is 12.8 Å². The third kappa shape index (κ3) is 4.32. The summed E-state index contributed by atoms with van der Waals surface area (Å²) in [4.78, 5) is 2.65. The molecule has 2 fully saturated rings. The van der Waals surface area contributed by atoms with Crippen LogP contribution in [-0.4, -0.2) is 54.8 Å². The first kappa shape index (κ1) is 17.5. The molecule has 0 aliphatic carbocycles. The molecule has 8 heteroatoms. The van der Waals surface area contributed by atoms with Crippen molar-refractivity contribution in [3.8, 4) is 0 Å². The summed E-state index contributed by atoms with van der Waals surface area (Å²) < 4.78 is 23.4. The Balaban J connectivity index is 1.97. The van der Waals surface area contributed by atoms with E-state index in [4.69, 9.17) is 24.5 Å². The van der Waals surface area contributed by atoms with Crippen LogP contribution in [0.4, 0.5) is 0 Å². The van der Waals surface area contributed by atoms with Crippen molar-refractivity contribution in [1.29, 1.82) is 0 Å². The fraction of sp³-hybridized carbons (Fsp3) is 1.00. The van der Waals surface area contributed by atoms with Crippen LogP contribution in [0.3, 0.4) is 0 Å². The van der Waals surface area contributed by atoms with Crippen molar-refractivity contribution < 1.29 is 24.1 Å². The minimum atomic E-state index is -0.773. The van der Waals surface area contributed by atoms with E-state index in [0.29, 0.717) is 13.0 Å². The van der Waals surface area contributed by atoms with Gasteiger partial charge in [-0.3, -0.25) is 0 Å². The van der Waals surface area contributed by atoms with Crippen molar-refractivity contribution in [2.75, 3.05) is 13.2 Å². The summed E-state index contributed by atoms with van der Waals surface area (Å²) in [7, 11) is 0. The van der Waals surface area contributed by atoms with E-state index >= 15 is 0 Å². The van der Waals surface area contributed by atoms with Gasteiger partial charge < -0.3 is 24.1 Å². The molecule has 2 rings (SSSR count). The predicted molar refractivity (Wildman–Crippen MR) is 78.0 cm³/mol. The second-order valence-corrected chi connectivity index (χ2v) is 6.13. The summed E-state index contributed by atoms with van der Waals surface area (Å²) in [5, 5.41) is 13.3. The molecule has 5 atom stereocenters. The minimum absolute atomic E-state index is 0.0145. The zero-order valence-electron chi connectivity index (χ0n) is 13.3. The highest BCUT2D eigenvalue weighted by Gasteiger charge is 2.55. The average Bonchev–Trinajstić information content (AvgIpc) is 2.89. The van der Waals surface area contributed by atoms with Gasteiger partial charge in [0.25, 0.3) is 0 Å². The number of unbranched alkanes of at least 4 members (excludes halogenated alkanes) is 1. The number of ether oxygens (including phenoxy) is 4. The van der Waals surface area contributed by atoms with Crippen molar-refractivity contribution >= 4 is 0 Å². The molecule has 0 amide bonds. The monoisotopic (exact) mass is 315 g/mol. The van der Waals surface area contributed by atoms with Gasteiger partial charge in [0.05, 0.1) is 18.8 Å². The Bertz CT molecular complexity index is 413. The first-order valence-corrected chi connectivity index (χ1v) is 7.78. The van der Waals surface area contributed by atoms with Crippen LogP contribution in [0.1, 0.15) is 40.0 Å². The molecule has 0 saturated carbocycles. The molecule has 2 heterocycles. The summed E-state index contributed by atoms with van der Waals surface area (Å²) in [6.07, 6.45) is 0.106. The molecule has 126 valence electrons. The lowest BCUT2D eigenvalue weighted by molar-refractivity contribution is -0.220. The number of nitrogens with zero attached hydrogens (tertiary/aromatic N) is 3. The van der Waals surface area contributed by atoms with Gasteiger partial charge in [-0.05, 0) is 25.8 Å². The first-order chi connectivity index (χ1) is 10.5. The molecule has 0 radical (unpaired) electrons. The Morgan fingerprint density at radius 3 is 2.86 bits per heavy atom. The van der Waals surface area contributed by atoms with Gasteiger partial charge in [0.15, 0.2) is 12.1 Å². The van der Waals surface area contributed by atoms with Gasteiger partial charge >= 0.3 is 0 Å². The lowest BCUT2D eigenvalue weighted by Crippen LogP contribution is -2.39. The quantitative estimate of drug-likeness (QED) is 0.319. The fourth-order valence-electron chi connectivity index (χ4n) is 2.78. The summed E-state index contributed by atoms with van der Waals surface area (Å²) in [6, 6.07) is 0. The summed E-state index contributed by atoms with van der Waals surface area (Å²) in [6.45, 7) is 6.39. The van der Waals surface area contributed by atoms with Gasteiger partial charge in [0.2, 0.25) is 0 Å². The van der Waals surface area contributed by atoms with Crippen LogP contribution in [0, 0.1) is 0 Å². The molecule has 8 nitrogen and oxygen atoms in total. The summed E-state index contributed by atoms with van der Waals surface area (Å²) >= 11 is 0. The first-order valence-electron chi connectivity index (χ1n) is 7.78. The van der Waals surface area contributed by atoms with Gasteiger partial charge in [-0.2, -0.15) is 0 Å². The van der Waals surface area contributed by atoms with Gasteiger partial charge in [0.1, 0.15) is 12.2 Å². The van der Waals surface area contributed by atoms with Crippen LogP contribution >= 0.6 is 0 Å². The van der Waals surface area contributed by atoms with Crippen molar-refractivity contribution in [2.45, 2.75) is 76.5 Å². The molecule has 2 aliphatic rings. The van der Waals surface area contributed by atoms with Crippen LogP contribution in [0.2, 0.25) is 0 Å². The Kier molecular flexibility index (Phi) is 6.02. The van der Waals surface area contributed by atoms with E-state index in [1.165, 1.54) is 0 Å². The van der Waals surface area contributed by atoms with Crippen molar-refractivity contribution in [1.82, 2.24) is 0 Å². The molecule has 2 saturated heterocycles. The van der Waals surface area contributed by atoms with Gasteiger partial charge in [0, 0.05) is 17.9 Å². The Labute approximate surface area is 130 Å². The van der Waals surface area contributed by atoms with Gasteiger partial charge in [-0.15, -0.1) is 0 Å². The van der Waals surface area contributed by atoms with Crippen LogP contribution in [0.15, 0.2) is 5.11 Å². The maximum Gasteiger partial charge on any atom is 0.190 e. The highest BCUT2D eigenvalue weighted by Crippen LogP contribution is 2.40. The smallest absolute Gasteiger partial charge is 0.190 e. The number of aliphatic hydroxyl groups is 1. The lowest BCUT2D eigenvalue weighted by Gasteiger charge is -2.26. The molecule has 0 aromatic rings. The van der Waals surface area contributed by atoms with E-state index < -0.39 is 18.2 Å². The topological polar surface area (TPSA) is 106 Å². The molecule has 0 aromatic carbocycles. The standard InChI is InChI=1S/C14H25N3O5/c1-4-5-6-19-11-10(7-9(18)8-16-17-15)20-13-12(11)21-14(2,3)22-13/h9-13,18H,4-8H2,1-3H3/t9-,10+,11-,12+,13+/m0/s1. The molecular weight excluding hydrogens is 290 g/mol. The molecule has 0 unspecified atom stereocenters. The summed E-state index contributed by atoms with van der Waals surface area (Å²) in [5.74, 6) is -0.698. The average molecular weight is 315 g/mol. The highest BCUT2D eigenvalue weighted by molar-refractivity contribution is 4.95. The second-order valence-electron chi connectivity index (χ2n) is 6.13. The number of hydrogen-bond acceptors (Lipinski definition) is 6. The lowest BCUT2D eigenvalue weighted by atomic mass is 10.0. The van der Waals surface area contributed by atoms with Crippen LogP contribution in [0.25, 0.3) is 10.4 Å². The molecule has 0 bridgehead atoms. The zero-order chi connectivity index (χ0) is 16.2. The zero-order valence-corrected chi connectivity index (χ0v) is 13.3. The van der Waals surface area contributed by atoms with Crippen LogP contribution in [-0.2, 0) is 18.9 Å². The molecule has 22 heavy (non-hydrogen) atoms. The number of rotatable bonds is 8. The third-order valence-electron chi connectivity index (χ3n) is 3.76. The molecular formula is C14H25N3O5. The van der Waals surface area contributed by atoms with E-state index in [2.05, 4.69) is 16.9 Å². The van der Waals surface area contributed by atoms with Crippen molar-refractivity contribution in [3.63, 3.8) is 0 Å². The Morgan fingerprint density at radius 1 is 1.41 bits per heavy atom. The number of azide groups is 1.